The zero-order valence-corrected chi connectivity index (χ0v) is 11.2. The molecule has 2 aromatic carbocycles. The third-order valence-corrected chi connectivity index (χ3v) is 2.81. The van der Waals surface area contributed by atoms with Crippen molar-refractivity contribution in [2.45, 2.75) is 6.92 Å². The molecule has 0 bridgehead atoms. The largest absolute Gasteiger partial charge is 0.494 e. The van der Waals surface area contributed by atoms with Crippen LogP contribution in [0.4, 0.5) is 21.5 Å². The molecule has 0 spiro atoms. The topological polar surface area (TPSA) is 47.3 Å². The zero-order valence-electron chi connectivity index (χ0n) is 10.4. The van der Waals surface area contributed by atoms with Gasteiger partial charge in [-0.3, -0.25) is 0 Å². The molecular weight excluding hydrogens is 267 g/mol. The van der Waals surface area contributed by atoms with Crippen molar-refractivity contribution in [2.75, 3.05) is 17.7 Å². The molecule has 0 amide bonds. The summed E-state index contributed by atoms with van der Waals surface area (Å²) in [5.41, 5.74) is 7.40. The molecule has 0 saturated heterocycles. The Labute approximate surface area is 116 Å². The fraction of sp³-hybridized carbons (Fsp3) is 0.143. The van der Waals surface area contributed by atoms with E-state index in [2.05, 4.69) is 5.32 Å². The minimum Gasteiger partial charge on any atom is -0.494 e. The van der Waals surface area contributed by atoms with E-state index >= 15 is 0 Å². The van der Waals surface area contributed by atoms with Crippen molar-refractivity contribution in [3.63, 3.8) is 0 Å². The SMILES string of the molecule is CCOc1cccc(Nc2cc(F)c(Cl)cc2N)c1. The normalized spacial score (nSPS) is 10.3. The minimum atomic E-state index is -0.515. The predicted octanol–water partition coefficient (Wildman–Crippen LogP) is 4.20. The molecule has 0 aliphatic carbocycles. The van der Waals surface area contributed by atoms with E-state index < -0.39 is 5.82 Å². The smallest absolute Gasteiger partial charge is 0.144 e. The molecule has 0 aromatic heterocycles. The summed E-state index contributed by atoms with van der Waals surface area (Å²) in [6.07, 6.45) is 0. The number of benzene rings is 2. The van der Waals surface area contributed by atoms with Crippen molar-refractivity contribution >= 4 is 28.7 Å². The van der Waals surface area contributed by atoms with Gasteiger partial charge < -0.3 is 15.8 Å². The van der Waals surface area contributed by atoms with E-state index in [0.717, 1.165) is 11.4 Å². The van der Waals surface area contributed by atoms with Crippen molar-refractivity contribution in [1.82, 2.24) is 0 Å². The highest BCUT2D eigenvalue weighted by Gasteiger charge is 2.07. The maximum absolute atomic E-state index is 13.4. The summed E-state index contributed by atoms with van der Waals surface area (Å²) in [4.78, 5) is 0. The summed E-state index contributed by atoms with van der Waals surface area (Å²) in [7, 11) is 0. The maximum Gasteiger partial charge on any atom is 0.144 e. The number of hydrogen-bond acceptors (Lipinski definition) is 3. The second kappa shape index (κ2) is 5.80. The number of halogens is 2. The molecule has 19 heavy (non-hydrogen) atoms. The fourth-order valence-corrected chi connectivity index (χ4v) is 1.83. The fourth-order valence-electron chi connectivity index (χ4n) is 1.66. The second-order valence-corrected chi connectivity index (χ2v) is 4.35. The highest BCUT2D eigenvalue weighted by atomic mass is 35.5. The van der Waals surface area contributed by atoms with Gasteiger partial charge in [0.2, 0.25) is 0 Å². The number of nitrogens with two attached hydrogens (primary N) is 1. The van der Waals surface area contributed by atoms with Crippen LogP contribution >= 0.6 is 11.6 Å². The lowest BCUT2D eigenvalue weighted by Crippen LogP contribution is -1.98. The summed E-state index contributed by atoms with van der Waals surface area (Å²) in [6, 6.07) is 10.00. The quantitative estimate of drug-likeness (QED) is 0.825. The van der Waals surface area contributed by atoms with E-state index in [-0.39, 0.29) is 5.02 Å². The van der Waals surface area contributed by atoms with Gasteiger partial charge in [-0.25, -0.2) is 4.39 Å². The lowest BCUT2D eigenvalue weighted by atomic mass is 10.2. The number of nitrogens with one attached hydrogen (secondary N) is 1. The van der Waals surface area contributed by atoms with Gasteiger partial charge in [-0.2, -0.15) is 0 Å². The first-order valence-electron chi connectivity index (χ1n) is 5.84. The summed E-state index contributed by atoms with van der Waals surface area (Å²) in [5, 5.41) is 3.04. The van der Waals surface area contributed by atoms with Crippen molar-refractivity contribution in [3.8, 4) is 5.75 Å². The molecule has 0 heterocycles. The molecule has 0 saturated carbocycles. The van der Waals surface area contributed by atoms with Crippen LogP contribution in [-0.4, -0.2) is 6.61 Å². The van der Waals surface area contributed by atoms with E-state index in [4.69, 9.17) is 22.1 Å². The van der Waals surface area contributed by atoms with Gasteiger partial charge in [-0.05, 0) is 25.1 Å². The number of ether oxygens (including phenoxy) is 1. The summed E-state index contributed by atoms with van der Waals surface area (Å²) < 4.78 is 18.8. The number of anilines is 3. The zero-order chi connectivity index (χ0) is 13.8. The molecule has 2 aromatic rings. The van der Waals surface area contributed by atoms with Gasteiger partial charge in [0.05, 0.1) is 23.0 Å². The van der Waals surface area contributed by atoms with Crippen LogP contribution in [0.15, 0.2) is 36.4 Å². The summed E-state index contributed by atoms with van der Waals surface area (Å²) in [5.74, 6) is 0.222. The van der Waals surface area contributed by atoms with Crippen molar-refractivity contribution < 1.29 is 9.13 Å². The predicted molar refractivity (Wildman–Crippen MR) is 76.7 cm³/mol. The van der Waals surface area contributed by atoms with E-state index in [1.807, 2.05) is 31.2 Å². The molecule has 3 nitrogen and oxygen atoms in total. The number of nitrogen functional groups attached to an aromatic ring is 1. The Bertz CT molecular complexity index is 590. The summed E-state index contributed by atoms with van der Waals surface area (Å²) >= 11 is 5.65. The lowest BCUT2D eigenvalue weighted by Gasteiger charge is -2.11. The van der Waals surface area contributed by atoms with Gasteiger partial charge in [0, 0.05) is 17.8 Å². The molecule has 0 aliphatic heterocycles. The highest BCUT2D eigenvalue weighted by Crippen LogP contribution is 2.29. The molecule has 0 unspecified atom stereocenters. The first kappa shape index (κ1) is 13.5. The lowest BCUT2D eigenvalue weighted by molar-refractivity contribution is 0.340. The van der Waals surface area contributed by atoms with Crippen LogP contribution < -0.4 is 15.8 Å². The van der Waals surface area contributed by atoms with E-state index in [1.165, 1.54) is 12.1 Å². The number of hydrogen-bond donors (Lipinski definition) is 2. The van der Waals surface area contributed by atoms with Gasteiger partial charge in [0.15, 0.2) is 0 Å². The van der Waals surface area contributed by atoms with Crippen LogP contribution in [0.2, 0.25) is 5.02 Å². The van der Waals surface area contributed by atoms with Gasteiger partial charge in [0.25, 0.3) is 0 Å². The van der Waals surface area contributed by atoms with Crippen LogP contribution in [0.5, 0.6) is 5.75 Å². The molecule has 3 N–H and O–H groups in total. The Hall–Kier alpha value is -1.94. The van der Waals surface area contributed by atoms with Crippen molar-refractivity contribution in [3.05, 3.63) is 47.2 Å². The monoisotopic (exact) mass is 280 g/mol. The van der Waals surface area contributed by atoms with E-state index in [9.17, 15) is 4.39 Å². The molecule has 0 radical (unpaired) electrons. The standard InChI is InChI=1S/C14H14ClFN2O/c1-2-19-10-5-3-4-9(6-10)18-14-8-12(16)11(15)7-13(14)17/h3-8,18H,2,17H2,1H3. The molecule has 2 rings (SSSR count). The molecule has 100 valence electrons. The third-order valence-electron chi connectivity index (χ3n) is 2.52. The van der Waals surface area contributed by atoms with Crippen LogP contribution in [0, 0.1) is 5.82 Å². The molecule has 0 atom stereocenters. The van der Waals surface area contributed by atoms with Gasteiger partial charge in [-0.15, -0.1) is 0 Å². The molecule has 5 heteroatoms. The third kappa shape index (κ3) is 3.29. The Morgan fingerprint density at radius 1 is 1.32 bits per heavy atom. The minimum absolute atomic E-state index is 0.00566. The number of rotatable bonds is 4. The summed E-state index contributed by atoms with van der Waals surface area (Å²) in [6.45, 7) is 2.49. The first-order chi connectivity index (χ1) is 9.10. The maximum atomic E-state index is 13.4. The van der Waals surface area contributed by atoms with Crippen molar-refractivity contribution in [1.29, 1.82) is 0 Å². The molecular formula is C14H14ClFN2O. The van der Waals surface area contributed by atoms with Crippen LogP contribution in [-0.2, 0) is 0 Å². The highest BCUT2D eigenvalue weighted by molar-refractivity contribution is 6.31. The molecule has 0 fully saturated rings. The Morgan fingerprint density at radius 3 is 2.84 bits per heavy atom. The second-order valence-electron chi connectivity index (χ2n) is 3.94. The Morgan fingerprint density at radius 2 is 2.11 bits per heavy atom. The van der Waals surface area contributed by atoms with E-state index in [1.54, 1.807) is 0 Å². The first-order valence-corrected chi connectivity index (χ1v) is 6.22. The molecule has 0 aliphatic rings. The average molecular weight is 281 g/mol. The van der Waals surface area contributed by atoms with Gasteiger partial charge in [0.1, 0.15) is 11.6 Å². The van der Waals surface area contributed by atoms with Crippen LogP contribution in [0.1, 0.15) is 6.92 Å². The van der Waals surface area contributed by atoms with E-state index in [0.29, 0.717) is 18.0 Å². The van der Waals surface area contributed by atoms with Gasteiger partial charge in [-0.1, -0.05) is 17.7 Å². The Balaban J connectivity index is 2.25. The van der Waals surface area contributed by atoms with Gasteiger partial charge >= 0.3 is 0 Å². The van der Waals surface area contributed by atoms with Crippen molar-refractivity contribution in [2.24, 2.45) is 0 Å². The Kier molecular flexibility index (Phi) is 4.12. The van der Waals surface area contributed by atoms with Crippen LogP contribution in [0.3, 0.4) is 0 Å². The van der Waals surface area contributed by atoms with Crippen LogP contribution in [0.25, 0.3) is 0 Å². The average Bonchev–Trinajstić information content (AvgIpc) is 2.37.